The largest absolute Gasteiger partial charge is 0.493 e. The number of hydrogen-bond acceptors (Lipinski definition) is 7. The Hall–Kier alpha value is -3.88. The van der Waals surface area contributed by atoms with Crippen molar-refractivity contribution >= 4 is 11.7 Å². The molecule has 9 heteroatoms. The fourth-order valence-electron chi connectivity index (χ4n) is 2.68. The van der Waals surface area contributed by atoms with E-state index < -0.39 is 16.6 Å². The smallest absolute Gasteiger partial charge is 0.345 e. The molecule has 3 aromatic rings. The van der Waals surface area contributed by atoms with E-state index in [9.17, 15) is 14.9 Å². The maximum atomic E-state index is 12.5. The highest BCUT2D eigenvalue weighted by molar-refractivity contribution is 5.95. The van der Waals surface area contributed by atoms with Gasteiger partial charge in [-0.3, -0.25) is 10.1 Å². The van der Waals surface area contributed by atoms with Crippen molar-refractivity contribution in [1.29, 1.82) is 0 Å². The Bertz CT molecular complexity index is 1000. The summed E-state index contributed by atoms with van der Waals surface area (Å²) in [5.74, 6) is -0.422. The second-order valence-electron chi connectivity index (χ2n) is 5.90. The van der Waals surface area contributed by atoms with Crippen LogP contribution in [0.5, 0.6) is 11.5 Å². The lowest BCUT2D eigenvalue weighted by atomic mass is 10.1. The van der Waals surface area contributed by atoms with Crippen LogP contribution in [0.3, 0.4) is 0 Å². The summed E-state index contributed by atoms with van der Waals surface area (Å²) < 4.78 is 17.5. The fourth-order valence-corrected chi connectivity index (χ4v) is 2.68. The first-order chi connectivity index (χ1) is 14.0. The maximum absolute atomic E-state index is 12.5. The zero-order valence-electron chi connectivity index (χ0n) is 15.9. The molecule has 3 rings (SSSR count). The van der Waals surface area contributed by atoms with E-state index in [0.717, 1.165) is 17.3 Å². The first-order valence-electron chi connectivity index (χ1n) is 8.78. The van der Waals surface area contributed by atoms with Crippen LogP contribution < -0.4 is 9.47 Å². The number of carbonyl (C=O) groups excluding carboxylic acids is 1. The van der Waals surface area contributed by atoms with Gasteiger partial charge in [0, 0.05) is 18.5 Å². The molecule has 0 spiro atoms. The number of esters is 1. The van der Waals surface area contributed by atoms with Gasteiger partial charge < -0.3 is 14.2 Å². The molecule has 0 aliphatic rings. The molecule has 0 radical (unpaired) electrons. The quantitative estimate of drug-likeness (QED) is 0.325. The van der Waals surface area contributed by atoms with Gasteiger partial charge in [0.25, 0.3) is 5.69 Å². The summed E-state index contributed by atoms with van der Waals surface area (Å²) in [7, 11) is 1.39. The molecule has 0 aliphatic heterocycles. The lowest BCUT2D eigenvalue weighted by Gasteiger charge is -2.12. The van der Waals surface area contributed by atoms with Crippen LogP contribution in [-0.2, 0) is 11.3 Å². The first kappa shape index (κ1) is 19.9. The summed E-state index contributed by atoms with van der Waals surface area (Å²) in [5, 5.41) is 15.5. The molecule has 2 aromatic carbocycles. The number of aromatic nitrogens is 2. The van der Waals surface area contributed by atoms with Crippen molar-refractivity contribution in [2.75, 3.05) is 13.7 Å². The Morgan fingerprint density at radius 2 is 1.97 bits per heavy atom. The number of ether oxygens (including phenoxy) is 3. The first-order valence-corrected chi connectivity index (χ1v) is 8.78. The van der Waals surface area contributed by atoms with E-state index in [-0.39, 0.29) is 23.7 Å². The third-order valence-electron chi connectivity index (χ3n) is 4.07. The molecule has 0 N–H and O–H groups in total. The molecule has 150 valence electrons. The van der Waals surface area contributed by atoms with Crippen molar-refractivity contribution in [3.8, 4) is 17.2 Å². The number of benzene rings is 2. The lowest BCUT2D eigenvalue weighted by molar-refractivity contribution is -0.385. The molecular formula is C20H19N3O6. The van der Waals surface area contributed by atoms with Crippen LogP contribution in [0, 0.1) is 10.1 Å². The summed E-state index contributed by atoms with van der Waals surface area (Å²) in [6.07, 6.45) is 3.49. The number of nitrogens with zero attached hydrogens (tertiary/aromatic N) is 3. The molecule has 0 amide bonds. The summed E-state index contributed by atoms with van der Waals surface area (Å²) in [6, 6.07) is 11.5. The van der Waals surface area contributed by atoms with Crippen molar-refractivity contribution in [2.45, 2.75) is 13.5 Å². The standard InChI is InChI=1S/C20H19N3O6/c1-3-28-19-12-17(23(25)26)16(11-18(19)27-2)20(24)29-13-14-5-7-15(8-6-14)22-10-4-9-21-22/h4-12H,3,13H2,1-2H3. The Morgan fingerprint density at radius 1 is 1.21 bits per heavy atom. The van der Waals surface area contributed by atoms with Gasteiger partial charge in [-0.25, -0.2) is 9.48 Å². The van der Waals surface area contributed by atoms with E-state index in [2.05, 4.69) is 5.10 Å². The molecule has 0 unspecified atom stereocenters. The number of nitro groups is 1. The molecule has 0 aliphatic carbocycles. The topological polar surface area (TPSA) is 106 Å². The van der Waals surface area contributed by atoms with Gasteiger partial charge in [-0.2, -0.15) is 5.10 Å². The molecule has 0 fully saturated rings. The highest BCUT2D eigenvalue weighted by Crippen LogP contribution is 2.35. The molecule has 0 atom stereocenters. The maximum Gasteiger partial charge on any atom is 0.345 e. The van der Waals surface area contributed by atoms with Crippen molar-refractivity contribution in [3.05, 3.63) is 76.1 Å². The zero-order valence-corrected chi connectivity index (χ0v) is 15.9. The van der Waals surface area contributed by atoms with Gasteiger partial charge in [-0.05, 0) is 30.7 Å². The van der Waals surface area contributed by atoms with E-state index in [1.807, 2.05) is 24.4 Å². The fraction of sp³-hybridized carbons (Fsp3) is 0.200. The van der Waals surface area contributed by atoms with Gasteiger partial charge in [-0.15, -0.1) is 0 Å². The van der Waals surface area contributed by atoms with Crippen LogP contribution in [0.2, 0.25) is 0 Å². The minimum atomic E-state index is -0.825. The van der Waals surface area contributed by atoms with E-state index in [0.29, 0.717) is 6.61 Å². The van der Waals surface area contributed by atoms with Gasteiger partial charge >= 0.3 is 5.97 Å². The average molecular weight is 397 g/mol. The predicted molar refractivity (Wildman–Crippen MR) is 104 cm³/mol. The van der Waals surface area contributed by atoms with Crippen LogP contribution in [0.1, 0.15) is 22.8 Å². The molecule has 29 heavy (non-hydrogen) atoms. The Kier molecular flexibility index (Phi) is 6.08. The minimum absolute atomic E-state index is 0.0368. The molecule has 0 saturated carbocycles. The third kappa shape index (κ3) is 4.52. The zero-order chi connectivity index (χ0) is 20.8. The molecule has 0 bridgehead atoms. The number of nitro benzene ring substituents is 1. The SMILES string of the molecule is CCOc1cc([N+](=O)[O-])c(C(=O)OCc2ccc(-n3cccn3)cc2)cc1OC. The van der Waals surface area contributed by atoms with Crippen molar-refractivity contribution in [1.82, 2.24) is 9.78 Å². The number of rotatable bonds is 8. The third-order valence-corrected chi connectivity index (χ3v) is 4.07. The second kappa shape index (κ2) is 8.87. The molecule has 0 saturated heterocycles. The van der Waals surface area contributed by atoms with Crippen molar-refractivity contribution < 1.29 is 23.9 Å². The summed E-state index contributed by atoms with van der Waals surface area (Å²) >= 11 is 0. The minimum Gasteiger partial charge on any atom is -0.493 e. The van der Waals surface area contributed by atoms with Crippen LogP contribution in [0.25, 0.3) is 5.69 Å². The van der Waals surface area contributed by atoms with E-state index >= 15 is 0 Å². The Balaban J connectivity index is 1.77. The van der Waals surface area contributed by atoms with Crippen LogP contribution in [0.15, 0.2) is 54.9 Å². The number of carbonyl (C=O) groups is 1. The Labute approximate surface area is 166 Å². The molecular weight excluding hydrogens is 378 g/mol. The summed E-state index contributed by atoms with van der Waals surface area (Å²) in [5.41, 5.74) is 0.975. The van der Waals surface area contributed by atoms with E-state index in [1.165, 1.54) is 13.2 Å². The van der Waals surface area contributed by atoms with Gasteiger partial charge in [-0.1, -0.05) is 12.1 Å². The van der Waals surface area contributed by atoms with Crippen LogP contribution >= 0.6 is 0 Å². The molecule has 1 aromatic heterocycles. The lowest BCUT2D eigenvalue weighted by Crippen LogP contribution is -2.10. The second-order valence-corrected chi connectivity index (χ2v) is 5.90. The Morgan fingerprint density at radius 3 is 2.55 bits per heavy atom. The van der Waals surface area contributed by atoms with Crippen molar-refractivity contribution in [3.63, 3.8) is 0 Å². The number of methoxy groups -OCH3 is 1. The average Bonchev–Trinajstić information content (AvgIpc) is 3.27. The highest BCUT2D eigenvalue weighted by atomic mass is 16.6. The number of hydrogen-bond donors (Lipinski definition) is 0. The van der Waals surface area contributed by atoms with Gasteiger partial charge in [0.2, 0.25) is 0 Å². The predicted octanol–water partition coefficient (Wildman–Crippen LogP) is 3.54. The highest BCUT2D eigenvalue weighted by Gasteiger charge is 2.26. The van der Waals surface area contributed by atoms with Gasteiger partial charge in [0.1, 0.15) is 12.2 Å². The van der Waals surface area contributed by atoms with Gasteiger partial charge in [0.15, 0.2) is 11.5 Å². The van der Waals surface area contributed by atoms with E-state index in [1.54, 1.807) is 29.9 Å². The molecule has 9 nitrogen and oxygen atoms in total. The normalized spacial score (nSPS) is 10.4. The van der Waals surface area contributed by atoms with Gasteiger partial charge in [0.05, 0.1) is 30.4 Å². The molecule has 1 heterocycles. The summed E-state index contributed by atoms with van der Waals surface area (Å²) in [6.45, 7) is 2.00. The van der Waals surface area contributed by atoms with Crippen LogP contribution in [0.4, 0.5) is 5.69 Å². The summed E-state index contributed by atoms with van der Waals surface area (Å²) in [4.78, 5) is 23.2. The van der Waals surface area contributed by atoms with E-state index in [4.69, 9.17) is 14.2 Å². The van der Waals surface area contributed by atoms with Crippen molar-refractivity contribution in [2.24, 2.45) is 0 Å². The van der Waals surface area contributed by atoms with Crippen LogP contribution in [-0.4, -0.2) is 34.4 Å². The monoisotopic (exact) mass is 397 g/mol.